The monoisotopic (exact) mass is 333 g/mol. The van der Waals surface area contributed by atoms with Crippen LogP contribution in [-0.2, 0) is 16.0 Å². The first kappa shape index (κ1) is 18.2. The van der Waals surface area contributed by atoms with Gasteiger partial charge in [-0.1, -0.05) is 0 Å². The minimum Gasteiger partial charge on any atom is -0.444 e. The van der Waals surface area contributed by atoms with Crippen molar-refractivity contribution in [2.24, 2.45) is 0 Å². The minimum absolute atomic E-state index is 0.0209. The Morgan fingerprint density at radius 3 is 2.62 bits per heavy atom. The predicted octanol–water partition coefficient (Wildman–Crippen LogP) is 2.48. The summed E-state index contributed by atoms with van der Waals surface area (Å²) in [7, 11) is 1.79. The molecule has 6 heteroatoms. The summed E-state index contributed by atoms with van der Waals surface area (Å²) >= 11 is 0. The molecule has 0 N–H and O–H groups in total. The number of likely N-dealkylation sites (N-methyl/N-ethyl adjacent to an activating group) is 1. The highest BCUT2D eigenvalue weighted by molar-refractivity contribution is 5.86. The summed E-state index contributed by atoms with van der Waals surface area (Å²) in [5.74, 6) is -0.0209. The maximum atomic E-state index is 12.7. The Morgan fingerprint density at radius 1 is 1.33 bits per heavy atom. The first-order valence-electron chi connectivity index (χ1n) is 8.41. The second-order valence-corrected chi connectivity index (χ2v) is 7.20. The molecule has 2 heterocycles. The van der Waals surface area contributed by atoms with Gasteiger partial charge in [0.1, 0.15) is 11.6 Å². The van der Waals surface area contributed by atoms with E-state index in [4.69, 9.17) is 4.74 Å². The molecule has 0 saturated carbocycles. The van der Waals surface area contributed by atoms with Crippen LogP contribution < -0.4 is 0 Å². The first-order chi connectivity index (χ1) is 11.3. The van der Waals surface area contributed by atoms with Gasteiger partial charge in [0, 0.05) is 32.5 Å². The number of amides is 2. The lowest BCUT2D eigenvalue weighted by Gasteiger charge is -2.30. The molecule has 1 aliphatic rings. The van der Waals surface area contributed by atoms with E-state index in [1.807, 2.05) is 32.9 Å². The van der Waals surface area contributed by atoms with Crippen molar-refractivity contribution in [3.63, 3.8) is 0 Å². The van der Waals surface area contributed by atoms with Crippen molar-refractivity contribution in [1.82, 2.24) is 14.8 Å². The molecule has 2 rings (SSSR count). The maximum Gasteiger partial charge on any atom is 0.410 e. The molecule has 0 unspecified atom stereocenters. The van der Waals surface area contributed by atoms with Crippen molar-refractivity contribution in [3.8, 4) is 0 Å². The largest absolute Gasteiger partial charge is 0.444 e. The fourth-order valence-electron chi connectivity index (χ4n) is 2.77. The Kier molecular flexibility index (Phi) is 5.80. The minimum atomic E-state index is -0.555. The molecule has 0 radical (unpaired) electrons. The third kappa shape index (κ3) is 4.94. The van der Waals surface area contributed by atoms with Gasteiger partial charge in [0.25, 0.3) is 0 Å². The van der Waals surface area contributed by atoms with E-state index in [0.29, 0.717) is 19.5 Å². The number of aromatic nitrogens is 1. The molecule has 1 aliphatic heterocycles. The van der Waals surface area contributed by atoms with E-state index < -0.39 is 17.7 Å². The Balaban J connectivity index is 1.93. The van der Waals surface area contributed by atoms with Gasteiger partial charge in [0.2, 0.25) is 5.91 Å². The van der Waals surface area contributed by atoms with Crippen LogP contribution >= 0.6 is 0 Å². The van der Waals surface area contributed by atoms with Crippen LogP contribution in [-0.4, -0.2) is 58.6 Å². The van der Waals surface area contributed by atoms with Crippen LogP contribution in [0.5, 0.6) is 0 Å². The summed E-state index contributed by atoms with van der Waals surface area (Å²) in [5, 5.41) is 0. The quantitative estimate of drug-likeness (QED) is 0.849. The summed E-state index contributed by atoms with van der Waals surface area (Å²) < 4.78 is 5.42. The summed E-state index contributed by atoms with van der Waals surface area (Å²) in [6.07, 6.45) is 5.38. The van der Waals surface area contributed by atoms with E-state index in [9.17, 15) is 9.59 Å². The van der Waals surface area contributed by atoms with Crippen LogP contribution in [0.15, 0.2) is 24.5 Å². The normalized spacial score (nSPS) is 17.7. The van der Waals surface area contributed by atoms with Crippen molar-refractivity contribution in [1.29, 1.82) is 0 Å². The van der Waals surface area contributed by atoms with Crippen molar-refractivity contribution >= 4 is 12.0 Å². The van der Waals surface area contributed by atoms with E-state index >= 15 is 0 Å². The molecule has 24 heavy (non-hydrogen) atoms. The third-order valence-corrected chi connectivity index (χ3v) is 4.03. The molecule has 1 atom stereocenters. The SMILES string of the molecule is CN(CCc1ccncc1)C(=O)[C@@H]1CCCN1C(=O)OC(C)(C)C. The molecule has 0 aliphatic carbocycles. The second kappa shape index (κ2) is 7.64. The van der Waals surface area contributed by atoms with Gasteiger partial charge in [-0.15, -0.1) is 0 Å². The molecule has 1 aromatic heterocycles. The third-order valence-electron chi connectivity index (χ3n) is 4.03. The zero-order valence-electron chi connectivity index (χ0n) is 15.0. The summed E-state index contributed by atoms with van der Waals surface area (Å²) in [5.41, 5.74) is 0.584. The van der Waals surface area contributed by atoms with Crippen molar-refractivity contribution in [2.45, 2.75) is 51.7 Å². The Hall–Kier alpha value is -2.11. The van der Waals surface area contributed by atoms with Crippen LogP contribution in [0.1, 0.15) is 39.2 Å². The number of pyridine rings is 1. The zero-order chi connectivity index (χ0) is 17.7. The van der Waals surface area contributed by atoms with E-state index in [2.05, 4.69) is 4.98 Å². The lowest BCUT2D eigenvalue weighted by atomic mass is 10.1. The molecule has 132 valence electrons. The molecule has 2 amide bonds. The Morgan fingerprint density at radius 2 is 2.00 bits per heavy atom. The topological polar surface area (TPSA) is 62.7 Å². The highest BCUT2D eigenvalue weighted by atomic mass is 16.6. The number of hydrogen-bond donors (Lipinski definition) is 0. The molecule has 0 bridgehead atoms. The fourth-order valence-corrected chi connectivity index (χ4v) is 2.77. The van der Waals surface area contributed by atoms with Crippen molar-refractivity contribution in [2.75, 3.05) is 20.1 Å². The lowest BCUT2D eigenvalue weighted by molar-refractivity contribution is -0.134. The van der Waals surface area contributed by atoms with Crippen LogP contribution in [0.4, 0.5) is 4.79 Å². The molecule has 1 saturated heterocycles. The Labute approximate surface area is 143 Å². The Bertz CT molecular complexity index is 569. The number of nitrogens with zero attached hydrogens (tertiary/aromatic N) is 3. The molecule has 0 aromatic carbocycles. The van der Waals surface area contributed by atoms with Gasteiger partial charge in [-0.25, -0.2) is 4.79 Å². The standard InChI is InChI=1S/C18H27N3O3/c1-18(2,3)24-17(23)21-12-5-6-15(21)16(22)20(4)13-9-14-7-10-19-11-8-14/h7-8,10-11,15H,5-6,9,12-13H2,1-4H3/t15-/m0/s1. The van der Waals surface area contributed by atoms with Gasteiger partial charge >= 0.3 is 6.09 Å². The van der Waals surface area contributed by atoms with E-state index in [1.54, 1.807) is 29.2 Å². The molecular weight excluding hydrogens is 306 g/mol. The van der Waals surface area contributed by atoms with Gasteiger partial charge in [0.15, 0.2) is 0 Å². The number of ether oxygens (including phenoxy) is 1. The lowest BCUT2D eigenvalue weighted by Crippen LogP contribution is -2.48. The number of rotatable bonds is 4. The van der Waals surface area contributed by atoms with E-state index in [0.717, 1.165) is 18.4 Å². The van der Waals surface area contributed by atoms with Gasteiger partial charge in [-0.05, 0) is 57.7 Å². The van der Waals surface area contributed by atoms with Crippen LogP contribution in [0, 0.1) is 0 Å². The molecular formula is C18H27N3O3. The van der Waals surface area contributed by atoms with Gasteiger partial charge in [0.05, 0.1) is 0 Å². The summed E-state index contributed by atoms with van der Waals surface area (Å²) in [6, 6.07) is 3.48. The highest BCUT2D eigenvalue weighted by Gasteiger charge is 2.37. The molecule has 1 fully saturated rings. The number of likely N-dealkylation sites (tertiary alicyclic amines) is 1. The van der Waals surface area contributed by atoms with Crippen molar-refractivity contribution < 1.29 is 14.3 Å². The number of carbonyl (C=O) groups excluding carboxylic acids is 2. The maximum absolute atomic E-state index is 12.7. The van der Waals surface area contributed by atoms with E-state index in [-0.39, 0.29) is 5.91 Å². The van der Waals surface area contributed by atoms with Gasteiger partial charge < -0.3 is 9.64 Å². The average molecular weight is 333 g/mol. The van der Waals surface area contributed by atoms with Crippen molar-refractivity contribution in [3.05, 3.63) is 30.1 Å². The number of carbonyl (C=O) groups is 2. The first-order valence-corrected chi connectivity index (χ1v) is 8.41. The molecule has 6 nitrogen and oxygen atoms in total. The summed E-state index contributed by atoms with van der Waals surface area (Å²) in [4.78, 5) is 32.3. The average Bonchev–Trinajstić information content (AvgIpc) is 3.01. The molecule has 1 aromatic rings. The molecule has 0 spiro atoms. The zero-order valence-corrected chi connectivity index (χ0v) is 15.0. The smallest absolute Gasteiger partial charge is 0.410 e. The predicted molar refractivity (Wildman–Crippen MR) is 91.5 cm³/mol. The van der Waals surface area contributed by atoms with Gasteiger partial charge in [-0.2, -0.15) is 0 Å². The second-order valence-electron chi connectivity index (χ2n) is 7.20. The number of hydrogen-bond acceptors (Lipinski definition) is 4. The van der Waals surface area contributed by atoms with Crippen LogP contribution in [0.2, 0.25) is 0 Å². The van der Waals surface area contributed by atoms with Crippen LogP contribution in [0.25, 0.3) is 0 Å². The summed E-state index contributed by atoms with van der Waals surface area (Å²) in [6.45, 7) is 6.68. The fraction of sp³-hybridized carbons (Fsp3) is 0.611. The van der Waals surface area contributed by atoms with Crippen LogP contribution in [0.3, 0.4) is 0 Å². The van der Waals surface area contributed by atoms with E-state index in [1.165, 1.54) is 0 Å². The highest BCUT2D eigenvalue weighted by Crippen LogP contribution is 2.22. The van der Waals surface area contributed by atoms with Gasteiger partial charge in [-0.3, -0.25) is 14.7 Å².